The van der Waals surface area contributed by atoms with Crippen molar-refractivity contribution >= 4 is 0 Å². The second-order valence-electron chi connectivity index (χ2n) is 4.68. The number of hydrogen-bond donors (Lipinski definition) is 2. The quantitative estimate of drug-likeness (QED) is 0.693. The average Bonchev–Trinajstić information content (AvgIpc) is 2.52. The van der Waals surface area contributed by atoms with Crippen molar-refractivity contribution in [2.45, 2.75) is 57.0 Å². The highest BCUT2D eigenvalue weighted by Crippen LogP contribution is 2.30. The Bertz CT molecular complexity index is 148. The van der Waals surface area contributed by atoms with Gasteiger partial charge in [-0.1, -0.05) is 19.3 Å². The van der Waals surface area contributed by atoms with Crippen molar-refractivity contribution in [2.75, 3.05) is 6.54 Å². The van der Waals surface area contributed by atoms with Gasteiger partial charge in [-0.25, -0.2) is 0 Å². The molecule has 0 aliphatic heterocycles. The predicted octanol–water partition coefficient (Wildman–Crippen LogP) is 1.65. The average molecular weight is 182 g/mol. The smallest absolute Gasteiger partial charge is 0.0221 e. The van der Waals surface area contributed by atoms with Gasteiger partial charge in [0.1, 0.15) is 0 Å². The summed E-state index contributed by atoms with van der Waals surface area (Å²) in [4.78, 5) is 0. The Hall–Kier alpha value is -0.0800. The Kier molecular flexibility index (Phi) is 3.23. The SMILES string of the molecule is NCC(NC1CCCC1)C1CCC1. The van der Waals surface area contributed by atoms with E-state index in [1.807, 2.05) is 0 Å². The maximum absolute atomic E-state index is 5.80. The first-order chi connectivity index (χ1) is 6.40. The first-order valence-electron chi connectivity index (χ1n) is 5.86. The molecule has 0 saturated heterocycles. The second-order valence-corrected chi connectivity index (χ2v) is 4.68. The molecule has 13 heavy (non-hydrogen) atoms. The first-order valence-corrected chi connectivity index (χ1v) is 5.86. The highest BCUT2D eigenvalue weighted by Gasteiger charge is 2.28. The lowest BCUT2D eigenvalue weighted by Gasteiger charge is -2.35. The van der Waals surface area contributed by atoms with E-state index in [4.69, 9.17) is 5.73 Å². The van der Waals surface area contributed by atoms with Crippen molar-refractivity contribution in [3.8, 4) is 0 Å². The molecule has 0 heterocycles. The summed E-state index contributed by atoms with van der Waals surface area (Å²) in [6.45, 7) is 0.834. The van der Waals surface area contributed by atoms with E-state index < -0.39 is 0 Å². The zero-order chi connectivity index (χ0) is 9.10. The standard InChI is InChI=1S/C11H22N2/c12-8-11(9-4-3-5-9)13-10-6-1-2-7-10/h9-11,13H,1-8,12H2. The Morgan fingerprint density at radius 1 is 1.08 bits per heavy atom. The van der Waals surface area contributed by atoms with Crippen molar-refractivity contribution < 1.29 is 0 Å². The van der Waals surface area contributed by atoms with Gasteiger partial charge in [0, 0.05) is 18.6 Å². The van der Waals surface area contributed by atoms with Crippen molar-refractivity contribution in [3.63, 3.8) is 0 Å². The fourth-order valence-corrected chi connectivity index (χ4v) is 2.63. The largest absolute Gasteiger partial charge is 0.329 e. The maximum Gasteiger partial charge on any atom is 0.0221 e. The second kappa shape index (κ2) is 4.43. The van der Waals surface area contributed by atoms with E-state index in [1.165, 1.54) is 44.9 Å². The lowest BCUT2D eigenvalue weighted by Crippen LogP contribution is -2.48. The molecule has 2 heteroatoms. The van der Waals surface area contributed by atoms with Crippen LogP contribution in [0, 0.1) is 5.92 Å². The number of hydrogen-bond acceptors (Lipinski definition) is 2. The third kappa shape index (κ3) is 2.23. The van der Waals surface area contributed by atoms with Crippen molar-refractivity contribution in [3.05, 3.63) is 0 Å². The van der Waals surface area contributed by atoms with E-state index in [-0.39, 0.29) is 0 Å². The van der Waals surface area contributed by atoms with Gasteiger partial charge in [0.15, 0.2) is 0 Å². The number of nitrogens with two attached hydrogens (primary N) is 1. The molecule has 2 rings (SSSR count). The minimum atomic E-state index is 0.622. The van der Waals surface area contributed by atoms with Crippen molar-refractivity contribution in [2.24, 2.45) is 11.7 Å². The Labute approximate surface area is 81.3 Å². The van der Waals surface area contributed by atoms with Crippen molar-refractivity contribution in [1.82, 2.24) is 5.32 Å². The van der Waals surface area contributed by atoms with E-state index in [2.05, 4.69) is 5.32 Å². The van der Waals surface area contributed by atoms with Crippen LogP contribution >= 0.6 is 0 Å². The number of nitrogens with one attached hydrogen (secondary N) is 1. The molecule has 2 saturated carbocycles. The Balaban J connectivity index is 1.75. The molecule has 0 radical (unpaired) electrons. The molecule has 0 aromatic carbocycles. The molecule has 0 aromatic heterocycles. The molecule has 2 nitrogen and oxygen atoms in total. The molecule has 76 valence electrons. The van der Waals surface area contributed by atoms with Gasteiger partial charge in [-0.05, 0) is 31.6 Å². The van der Waals surface area contributed by atoms with Crippen LogP contribution in [0.5, 0.6) is 0 Å². The van der Waals surface area contributed by atoms with Crippen LogP contribution in [-0.2, 0) is 0 Å². The van der Waals surface area contributed by atoms with E-state index in [9.17, 15) is 0 Å². The molecule has 0 amide bonds. The third-order valence-corrected chi connectivity index (χ3v) is 3.78. The number of rotatable bonds is 4. The third-order valence-electron chi connectivity index (χ3n) is 3.78. The molecule has 2 aliphatic rings. The molecule has 0 spiro atoms. The van der Waals surface area contributed by atoms with Gasteiger partial charge in [0.05, 0.1) is 0 Å². The minimum Gasteiger partial charge on any atom is -0.329 e. The summed E-state index contributed by atoms with van der Waals surface area (Å²) in [5.74, 6) is 0.894. The molecule has 1 unspecified atom stereocenters. The summed E-state index contributed by atoms with van der Waals surface area (Å²) in [6.07, 6.45) is 9.82. The summed E-state index contributed by atoms with van der Waals surface area (Å²) < 4.78 is 0. The highest BCUT2D eigenvalue weighted by molar-refractivity contribution is 4.87. The van der Waals surface area contributed by atoms with Gasteiger partial charge in [0.25, 0.3) is 0 Å². The topological polar surface area (TPSA) is 38.0 Å². The molecular formula is C11H22N2. The molecular weight excluding hydrogens is 160 g/mol. The van der Waals surface area contributed by atoms with Crippen LogP contribution in [0.2, 0.25) is 0 Å². The van der Waals surface area contributed by atoms with Crippen LogP contribution in [0.25, 0.3) is 0 Å². The molecule has 1 atom stereocenters. The van der Waals surface area contributed by atoms with Gasteiger partial charge in [-0.2, -0.15) is 0 Å². The molecule has 2 aliphatic carbocycles. The minimum absolute atomic E-state index is 0.622. The summed E-state index contributed by atoms with van der Waals surface area (Å²) in [5.41, 5.74) is 5.80. The van der Waals surface area contributed by atoms with Crippen LogP contribution in [-0.4, -0.2) is 18.6 Å². The molecule has 0 aromatic rings. The van der Waals surface area contributed by atoms with Crippen molar-refractivity contribution in [1.29, 1.82) is 0 Å². The fraction of sp³-hybridized carbons (Fsp3) is 1.00. The van der Waals surface area contributed by atoms with Gasteiger partial charge >= 0.3 is 0 Å². The van der Waals surface area contributed by atoms with Crippen LogP contribution in [0.3, 0.4) is 0 Å². The van der Waals surface area contributed by atoms with Gasteiger partial charge in [0.2, 0.25) is 0 Å². The van der Waals surface area contributed by atoms with Gasteiger partial charge in [-0.15, -0.1) is 0 Å². The summed E-state index contributed by atoms with van der Waals surface area (Å²) in [5, 5.41) is 3.74. The summed E-state index contributed by atoms with van der Waals surface area (Å²) in [7, 11) is 0. The Morgan fingerprint density at radius 3 is 2.23 bits per heavy atom. The van der Waals surface area contributed by atoms with Crippen LogP contribution in [0.15, 0.2) is 0 Å². The van der Waals surface area contributed by atoms with E-state index in [0.29, 0.717) is 6.04 Å². The van der Waals surface area contributed by atoms with Gasteiger partial charge in [-0.3, -0.25) is 0 Å². The molecule has 0 bridgehead atoms. The van der Waals surface area contributed by atoms with E-state index in [0.717, 1.165) is 18.5 Å². The zero-order valence-electron chi connectivity index (χ0n) is 8.47. The lowest BCUT2D eigenvalue weighted by molar-refractivity contribution is 0.218. The maximum atomic E-state index is 5.80. The van der Waals surface area contributed by atoms with E-state index >= 15 is 0 Å². The highest BCUT2D eigenvalue weighted by atomic mass is 15.0. The zero-order valence-corrected chi connectivity index (χ0v) is 8.47. The lowest BCUT2D eigenvalue weighted by atomic mass is 9.79. The van der Waals surface area contributed by atoms with E-state index in [1.54, 1.807) is 0 Å². The normalized spacial score (nSPS) is 27.5. The predicted molar refractivity (Wildman–Crippen MR) is 55.6 cm³/mol. The molecule has 2 fully saturated rings. The van der Waals surface area contributed by atoms with Crippen LogP contribution < -0.4 is 11.1 Å². The molecule has 3 N–H and O–H groups in total. The van der Waals surface area contributed by atoms with Crippen LogP contribution in [0.4, 0.5) is 0 Å². The first kappa shape index (κ1) is 9.47. The fourth-order valence-electron chi connectivity index (χ4n) is 2.63. The summed E-state index contributed by atoms with van der Waals surface area (Å²) in [6, 6.07) is 1.41. The van der Waals surface area contributed by atoms with Gasteiger partial charge < -0.3 is 11.1 Å². The van der Waals surface area contributed by atoms with Crippen LogP contribution in [0.1, 0.15) is 44.9 Å². The summed E-state index contributed by atoms with van der Waals surface area (Å²) >= 11 is 0. The Morgan fingerprint density at radius 2 is 1.77 bits per heavy atom. The monoisotopic (exact) mass is 182 g/mol.